The van der Waals surface area contributed by atoms with Crippen LogP contribution in [0.1, 0.15) is 30.1 Å². The smallest absolute Gasteiger partial charge is 0.446 e. The number of amides is 3. The van der Waals surface area contributed by atoms with Gasteiger partial charge in [0, 0.05) is 10.9 Å². The van der Waals surface area contributed by atoms with Gasteiger partial charge in [0.25, 0.3) is 5.91 Å². The molecule has 10 heteroatoms. The van der Waals surface area contributed by atoms with Gasteiger partial charge in [0.2, 0.25) is 0 Å². The summed E-state index contributed by atoms with van der Waals surface area (Å²) in [5.74, 6) is -1.68. The minimum atomic E-state index is -4.42. The fraction of sp³-hybridized carbons (Fsp3) is 0.400. The average Bonchev–Trinajstić information content (AvgIpc) is 3.29. The van der Waals surface area contributed by atoms with Crippen molar-refractivity contribution in [2.45, 2.75) is 42.3 Å². The number of benzene rings is 1. The highest BCUT2D eigenvalue weighted by Gasteiger charge is 2.29. The Bertz CT molecular complexity index is 660. The summed E-state index contributed by atoms with van der Waals surface area (Å²) in [5, 5.41) is 4.59. The van der Waals surface area contributed by atoms with Crippen molar-refractivity contribution < 1.29 is 32.3 Å². The van der Waals surface area contributed by atoms with E-state index in [1.54, 1.807) is 0 Å². The number of carbonyl (C=O) groups excluding carboxylic acids is 3. The topological polar surface area (TPSA) is 84.5 Å². The molecule has 0 bridgehead atoms. The van der Waals surface area contributed by atoms with E-state index in [1.165, 1.54) is 19.1 Å². The zero-order chi connectivity index (χ0) is 18.6. The van der Waals surface area contributed by atoms with Gasteiger partial charge in [0.15, 0.2) is 6.10 Å². The minimum absolute atomic E-state index is 0.00592. The van der Waals surface area contributed by atoms with Crippen LogP contribution in [0.3, 0.4) is 0 Å². The van der Waals surface area contributed by atoms with E-state index >= 15 is 0 Å². The first-order chi connectivity index (χ1) is 11.6. The maximum atomic E-state index is 12.2. The lowest BCUT2D eigenvalue weighted by molar-refractivity contribution is -0.127. The standard InChI is InChI=1S/C15H15F3N2O4S/c1-8(12(21)20-14(23)19-10-4-5-10)24-13(22)9-2-6-11(7-3-9)25-15(16,17)18/h2-3,6-8,10H,4-5H2,1H3,(H2,19,20,21,23). The molecule has 1 atom stereocenters. The molecular weight excluding hydrogens is 361 g/mol. The number of alkyl halides is 3. The second kappa shape index (κ2) is 7.77. The number of nitrogens with one attached hydrogen (secondary N) is 2. The Balaban J connectivity index is 1.85. The Morgan fingerprint density at radius 1 is 1.20 bits per heavy atom. The molecule has 0 aromatic heterocycles. The zero-order valence-electron chi connectivity index (χ0n) is 13.1. The predicted octanol–water partition coefficient (Wildman–Crippen LogP) is 2.83. The van der Waals surface area contributed by atoms with Gasteiger partial charge in [0.1, 0.15) is 0 Å². The van der Waals surface area contributed by atoms with E-state index in [-0.39, 0.29) is 28.3 Å². The normalized spacial score (nSPS) is 15.2. The lowest BCUT2D eigenvalue weighted by Crippen LogP contribution is -2.45. The first-order valence-corrected chi connectivity index (χ1v) is 8.14. The molecule has 1 saturated carbocycles. The van der Waals surface area contributed by atoms with Crippen LogP contribution in [-0.2, 0) is 9.53 Å². The van der Waals surface area contributed by atoms with Crippen LogP contribution < -0.4 is 10.6 Å². The van der Waals surface area contributed by atoms with Crippen LogP contribution in [0.4, 0.5) is 18.0 Å². The number of thioether (sulfide) groups is 1. The summed E-state index contributed by atoms with van der Waals surface area (Å²) in [6.45, 7) is 1.28. The summed E-state index contributed by atoms with van der Waals surface area (Å²) in [6, 6.07) is 4.00. The Labute approximate surface area is 145 Å². The number of hydrogen-bond acceptors (Lipinski definition) is 5. The molecule has 0 saturated heterocycles. The molecule has 25 heavy (non-hydrogen) atoms. The largest absolute Gasteiger partial charge is 0.449 e. The van der Waals surface area contributed by atoms with Crippen molar-refractivity contribution in [2.75, 3.05) is 0 Å². The van der Waals surface area contributed by atoms with Gasteiger partial charge in [0.05, 0.1) is 5.56 Å². The van der Waals surface area contributed by atoms with Crippen molar-refractivity contribution >= 4 is 29.7 Å². The van der Waals surface area contributed by atoms with Crippen molar-refractivity contribution in [3.05, 3.63) is 29.8 Å². The van der Waals surface area contributed by atoms with E-state index in [9.17, 15) is 27.6 Å². The van der Waals surface area contributed by atoms with Crippen LogP contribution in [0.25, 0.3) is 0 Å². The van der Waals surface area contributed by atoms with E-state index < -0.39 is 29.5 Å². The Hall–Kier alpha value is -2.23. The molecule has 1 unspecified atom stereocenters. The van der Waals surface area contributed by atoms with Crippen LogP contribution in [0.15, 0.2) is 29.2 Å². The van der Waals surface area contributed by atoms with E-state index in [0.29, 0.717) is 0 Å². The first-order valence-electron chi connectivity index (χ1n) is 7.32. The number of rotatable bonds is 5. The van der Waals surface area contributed by atoms with Crippen molar-refractivity contribution in [2.24, 2.45) is 0 Å². The molecule has 1 aliphatic rings. The molecular formula is C15H15F3N2O4S. The second-order valence-corrected chi connectivity index (χ2v) is 6.50. The Kier molecular flexibility index (Phi) is 5.93. The molecule has 0 heterocycles. The summed E-state index contributed by atoms with van der Waals surface area (Å²) in [7, 11) is 0. The Morgan fingerprint density at radius 3 is 2.32 bits per heavy atom. The van der Waals surface area contributed by atoms with Crippen LogP contribution >= 0.6 is 11.8 Å². The highest BCUT2D eigenvalue weighted by Crippen LogP contribution is 2.36. The Morgan fingerprint density at radius 2 is 1.80 bits per heavy atom. The predicted molar refractivity (Wildman–Crippen MR) is 82.9 cm³/mol. The molecule has 1 aromatic carbocycles. The fourth-order valence-corrected chi connectivity index (χ4v) is 2.28. The lowest BCUT2D eigenvalue weighted by atomic mass is 10.2. The number of hydrogen-bond donors (Lipinski definition) is 2. The van der Waals surface area contributed by atoms with Gasteiger partial charge in [-0.05, 0) is 55.8 Å². The van der Waals surface area contributed by atoms with E-state index in [2.05, 4.69) is 5.32 Å². The third-order valence-electron chi connectivity index (χ3n) is 3.13. The van der Waals surface area contributed by atoms with Gasteiger partial charge < -0.3 is 10.1 Å². The molecule has 0 aliphatic heterocycles. The SMILES string of the molecule is CC(OC(=O)c1ccc(SC(F)(F)F)cc1)C(=O)NC(=O)NC1CC1. The molecule has 3 amide bonds. The third-order valence-corrected chi connectivity index (χ3v) is 3.87. The summed E-state index contributed by atoms with van der Waals surface area (Å²) < 4.78 is 41.6. The monoisotopic (exact) mass is 376 g/mol. The third kappa shape index (κ3) is 6.65. The number of halogens is 3. The maximum absolute atomic E-state index is 12.2. The molecule has 0 spiro atoms. The highest BCUT2D eigenvalue weighted by molar-refractivity contribution is 8.00. The summed E-state index contributed by atoms with van der Waals surface area (Å²) in [6.07, 6.45) is 0.477. The van der Waals surface area contributed by atoms with E-state index in [0.717, 1.165) is 25.0 Å². The number of urea groups is 1. The maximum Gasteiger partial charge on any atom is 0.446 e. The van der Waals surface area contributed by atoms with Crippen molar-refractivity contribution in [3.63, 3.8) is 0 Å². The average molecular weight is 376 g/mol. The molecule has 136 valence electrons. The lowest BCUT2D eigenvalue weighted by Gasteiger charge is -2.13. The number of esters is 1. The molecule has 2 rings (SSSR count). The summed E-state index contributed by atoms with van der Waals surface area (Å²) in [4.78, 5) is 35.0. The van der Waals surface area contributed by atoms with E-state index in [4.69, 9.17) is 4.74 Å². The van der Waals surface area contributed by atoms with Crippen molar-refractivity contribution in [1.29, 1.82) is 0 Å². The summed E-state index contributed by atoms with van der Waals surface area (Å²) in [5.41, 5.74) is -4.43. The molecule has 1 aromatic rings. The number of imide groups is 1. The quantitative estimate of drug-likeness (QED) is 0.610. The fourth-order valence-electron chi connectivity index (χ4n) is 1.74. The first kappa shape index (κ1) is 19.1. The van der Waals surface area contributed by atoms with Crippen LogP contribution in [0.2, 0.25) is 0 Å². The number of carbonyl (C=O) groups is 3. The number of ether oxygens (including phenoxy) is 1. The van der Waals surface area contributed by atoms with Crippen LogP contribution in [-0.4, -0.2) is 35.6 Å². The second-order valence-electron chi connectivity index (χ2n) is 5.36. The van der Waals surface area contributed by atoms with Crippen LogP contribution in [0, 0.1) is 0 Å². The minimum Gasteiger partial charge on any atom is -0.449 e. The van der Waals surface area contributed by atoms with Gasteiger partial charge >= 0.3 is 17.5 Å². The van der Waals surface area contributed by atoms with Crippen LogP contribution in [0.5, 0.6) is 0 Å². The molecule has 0 radical (unpaired) electrons. The van der Waals surface area contributed by atoms with Gasteiger partial charge in [-0.3, -0.25) is 10.1 Å². The van der Waals surface area contributed by atoms with Crippen molar-refractivity contribution in [3.8, 4) is 0 Å². The van der Waals surface area contributed by atoms with E-state index in [1.807, 2.05) is 5.32 Å². The molecule has 2 N–H and O–H groups in total. The van der Waals surface area contributed by atoms with Gasteiger partial charge in [-0.25, -0.2) is 9.59 Å². The highest BCUT2D eigenvalue weighted by atomic mass is 32.2. The van der Waals surface area contributed by atoms with Gasteiger partial charge in [-0.2, -0.15) is 13.2 Å². The summed E-state index contributed by atoms with van der Waals surface area (Å²) >= 11 is -0.304. The zero-order valence-corrected chi connectivity index (χ0v) is 13.9. The van der Waals surface area contributed by atoms with Gasteiger partial charge in [-0.15, -0.1) is 0 Å². The molecule has 1 aliphatic carbocycles. The van der Waals surface area contributed by atoms with Gasteiger partial charge in [-0.1, -0.05) is 0 Å². The van der Waals surface area contributed by atoms with Crippen molar-refractivity contribution in [1.82, 2.24) is 10.6 Å². The molecule has 6 nitrogen and oxygen atoms in total. The molecule has 1 fully saturated rings.